The van der Waals surface area contributed by atoms with Crippen LogP contribution in [0.25, 0.3) is 0 Å². The van der Waals surface area contributed by atoms with Gasteiger partial charge in [0.05, 0.1) is 23.3 Å². The molecule has 0 aromatic heterocycles. The lowest BCUT2D eigenvalue weighted by Gasteiger charge is -2.07. The molecule has 0 amide bonds. The second kappa shape index (κ2) is 7.91. The van der Waals surface area contributed by atoms with Gasteiger partial charge in [-0.1, -0.05) is 42.3 Å². The van der Waals surface area contributed by atoms with Crippen molar-refractivity contribution in [3.8, 4) is 0 Å². The van der Waals surface area contributed by atoms with E-state index in [4.69, 9.17) is 27.9 Å². The molecular weight excluding hydrogens is 245 g/mol. The minimum atomic E-state index is 0.507. The zero-order chi connectivity index (χ0) is 11.8. The number of hydrogen-bond donors (Lipinski definition) is 1. The van der Waals surface area contributed by atoms with E-state index >= 15 is 0 Å². The Balaban J connectivity index is 2.24. The van der Waals surface area contributed by atoms with Crippen LogP contribution in [0.5, 0.6) is 0 Å². The molecule has 1 aromatic rings. The fraction of sp³-hybridized carbons (Fsp3) is 0.500. The third kappa shape index (κ3) is 4.71. The number of ether oxygens (including phenoxy) is 1. The molecule has 0 radical (unpaired) electrons. The zero-order valence-corrected chi connectivity index (χ0v) is 10.9. The Morgan fingerprint density at radius 3 is 2.81 bits per heavy atom. The van der Waals surface area contributed by atoms with Gasteiger partial charge < -0.3 is 10.1 Å². The molecule has 0 saturated carbocycles. The van der Waals surface area contributed by atoms with E-state index in [1.54, 1.807) is 6.07 Å². The summed E-state index contributed by atoms with van der Waals surface area (Å²) in [6.07, 6.45) is 1.14. The quantitative estimate of drug-likeness (QED) is 0.759. The first kappa shape index (κ1) is 13.8. The second-order valence-electron chi connectivity index (χ2n) is 3.52. The highest BCUT2D eigenvalue weighted by molar-refractivity contribution is 6.42. The number of halogens is 2. The van der Waals surface area contributed by atoms with E-state index in [9.17, 15) is 0 Å². The number of hydrogen-bond acceptors (Lipinski definition) is 2. The Morgan fingerprint density at radius 1 is 1.25 bits per heavy atom. The first-order valence-electron chi connectivity index (χ1n) is 5.47. The van der Waals surface area contributed by atoms with Gasteiger partial charge in [0.25, 0.3) is 0 Å². The monoisotopic (exact) mass is 261 g/mol. The van der Waals surface area contributed by atoms with E-state index in [0.717, 1.165) is 25.1 Å². The largest absolute Gasteiger partial charge is 0.375 e. The van der Waals surface area contributed by atoms with Crippen LogP contribution in [0.1, 0.15) is 18.9 Å². The van der Waals surface area contributed by atoms with Gasteiger partial charge in [0.1, 0.15) is 0 Å². The molecule has 0 atom stereocenters. The molecule has 1 N–H and O–H groups in total. The summed E-state index contributed by atoms with van der Waals surface area (Å²) in [6, 6.07) is 5.58. The van der Waals surface area contributed by atoms with Gasteiger partial charge in [-0.2, -0.15) is 0 Å². The molecule has 0 aliphatic rings. The maximum atomic E-state index is 6.03. The molecule has 2 nitrogen and oxygen atoms in total. The summed E-state index contributed by atoms with van der Waals surface area (Å²) >= 11 is 11.9. The summed E-state index contributed by atoms with van der Waals surface area (Å²) in [5.74, 6) is 0. The van der Waals surface area contributed by atoms with Crippen molar-refractivity contribution in [2.24, 2.45) is 0 Å². The van der Waals surface area contributed by atoms with Crippen LogP contribution in [0.3, 0.4) is 0 Å². The minimum absolute atomic E-state index is 0.507. The lowest BCUT2D eigenvalue weighted by Crippen LogP contribution is -2.20. The molecule has 1 aromatic carbocycles. The van der Waals surface area contributed by atoms with Crippen LogP contribution < -0.4 is 5.32 Å². The molecule has 16 heavy (non-hydrogen) atoms. The Kier molecular flexibility index (Phi) is 6.81. The predicted octanol–water partition coefficient (Wildman–Crippen LogP) is 3.51. The van der Waals surface area contributed by atoms with Gasteiger partial charge in [-0.05, 0) is 24.6 Å². The average Bonchev–Trinajstić information content (AvgIpc) is 2.29. The van der Waals surface area contributed by atoms with Crippen LogP contribution >= 0.6 is 23.2 Å². The number of benzene rings is 1. The molecule has 0 saturated heterocycles. The van der Waals surface area contributed by atoms with Gasteiger partial charge in [-0.25, -0.2) is 0 Å². The van der Waals surface area contributed by atoms with Crippen LogP contribution in [0.2, 0.25) is 10.0 Å². The predicted molar refractivity (Wildman–Crippen MR) is 69.3 cm³/mol. The first-order valence-corrected chi connectivity index (χ1v) is 6.22. The molecule has 1 rings (SSSR count). The maximum absolute atomic E-state index is 6.03. The third-order valence-electron chi connectivity index (χ3n) is 2.14. The van der Waals surface area contributed by atoms with Gasteiger partial charge in [-0.3, -0.25) is 0 Å². The molecule has 0 aliphatic carbocycles. The van der Waals surface area contributed by atoms with Crippen molar-refractivity contribution in [1.82, 2.24) is 5.32 Å². The smallest absolute Gasteiger partial charge is 0.0732 e. The second-order valence-corrected chi connectivity index (χ2v) is 4.30. The Hall–Kier alpha value is -0.280. The van der Waals surface area contributed by atoms with Gasteiger partial charge >= 0.3 is 0 Å². The van der Waals surface area contributed by atoms with E-state index in [1.165, 1.54) is 0 Å². The molecule has 4 heteroatoms. The van der Waals surface area contributed by atoms with Gasteiger partial charge in [-0.15, -0.1) is 0 Å². The molecule has 0 bridgehead atoms. The maximum Gasteiger partial charge on any atom is 0.0732 e. The Bertz CT molecular complexity index is 318. The fourth-order valence-corrected chi connectivity index (χ4v) is 1.66. The molecule has 0 unspecified atom stereocenters. The number of rotatable bonds is 7. The summed E-state index contributed by atoms with van der Waals surface area (Å²) in [7, 11) is 0. The van der Waals surface area contributed by atoms with Gasteiger partial charge in [0, 0.05) is 6.54 Å². The number of nitrogens with one attached hydrogen (secondary N) is 1. The van der Waals surface area contributed by atoms with Gasteiger partial charge in [0.2, 0.25) is 0 Å². The summed E-state index contributed by atoms with van der Waals surface area (Å²) in [6.45, 7) is 5.23. The first-order chi connectivity index (χ1) is 7.75. The lowest BCUT2D eigenvalue weighted by molar-refractivity contribution is 0.123. The summed E-state index contributed by atoms with van der Waals surface area (Å²) in [5, 5.41) is 4.43. The van der Waals surface area contributed by atoms with Crippen LogP contribution in [0.4, 0.5) is 0 Å². The molecular formula is C12H17Cl2NO. The average molecular weight is 262 g/mol. The van der Waals surface area contributed by atoms with Crippen LogP contribution in [-0.2, 0) is 11.3 Å². The van der Waals surface area contributed by atoms with Crippen LogP contribution in [0, 0.1) is 0 Å². The molecule has 0 fully saturated rings. The summed E-state index contributed by atoms with van der Waals surface area (Å²) < 4.78 is 5.50. The van der Waals surface area contributed by atoms with E-state index in [2.05, 4.69) is 12.2 Å². The van der Waals surface area contributed by atoms with E-state index in [0.29, 0.717) is 23.3 Å². The van der Waals surface area contributed by atoms with Crippen molar-refractivity contribution in [3.63, 3.8) is 0 Å². The Labute approximate surface area is 107 Å². The van der Waals surface area contributed by atoms with Crippen LogP contribution in [0.15, 0.2) is 18.2 Å². The summed E-state index contributed by atoms with van der Waals surface area (Å²) in [4.78, 5) is 0. The van der Waals surface area contributed by atoms with Crippen molar-refractivity contribution >= 4 is 23.2 Å². The third-order valence-corrected chi connectivity index (χ3v) is 3.00. The van der Waals surface area contributed by atoms with Crippen molar-refractivity contribution in [1.29, 1.82) is 0 Å². The molecule has 0 aliphatic heterocycles. The molecule has 0 heterocycles. The molecule has 0 spiro atoms. The highest BCUT2D eigenvalue weighted by Gasteiger charge is 2.03. The molecule has 90 valence electrons. The van der Waals surface area contributed by atoms with Crippen molar-refractivity contribution in [2.75, 3.05) is 19.7 Å². The van der Waals surface area contributed by atoms with E-state index in [-0.39, 0.29) is 0 Å². The normalized spacial score (nSPS) is 10.7. The Morgan fingerprint density at radius 2 is 2.06 bits per heavy atom. The lowest BCUT2D eigenvalue weighted by atomic mass is 10.2. The fourth-order valence-electron chi connectivity index (χ4n) is 1.29. The van der Waals surface area contributed by atoms with Crippen molar-refractivity contribution in [2.45, 2.75) is 20.0 Å². The highest BCUT2D eigenvalue weighted by Crippen LogP contribution is 2.25. The topological polar surface area (TPSA) is 21.3 Å². The summed E-state index contributed by atoms with van der Waals surface area (Å²) in [5.41, 5.74) is 0.935. The van der Waals surface area contributed by atoms with Crippen molar-refractivity contribution < 1.29 is 4.74 Å². The van der Waals surface area contributed by atoms with Crippen molar-refractivity contribution in [3.05, 3.63) is 33.8 Å². The minimum Gasteiger partial charge on any atom is -0.375 e. The highest BCUT2D eigenvalue weighted by atomic mass is 35.5. The standard InChI is InChI=1S/C12H17Cl2NO/c1-2-6-15-7-8-16-9-10-4-3-5-11(13)12(10)14/h3-5,15H,2,6-9H2,1H3. The van der Waals surface area contributed by atoms with E-state index < -0.39 is 0 Å². The van der Waals surface area contributed by atoms with E-state index in [1.807, 2.05) is 12.1 Å². The van der Waals surface area contributed by atoms with Gasteiger partial charge in [0.15, 0.2) is 0 Å². The zero-order valence-electron chi connectivity index (χ0n) is 9.43. The van der Waals surface area contributed by atoms with Crippen LogP contribution in [-0.4, -0.2) is 19.7 Å². The SMILES string of the molecule is CCCNCCOCc1cccc(Cl)c1Cl.